The zero-order valence-corrected chi connectivity index (χ0v) is 17.3. The fourth-order valence-corrected chi connectivity index (χ4v) is 4.12. The van der Waals surface area contributed by atoms with Gasteiger partial charge >= 0.3 is 6.03 Å². The SMILES string of the molecule is O=C(CCN1C(=O)NC2(CCCCC2)C1=O)Nc1cccc(OCc2cccnc2)c1. The largest absolute Gasteiger partial charge is 0.489 e. The minimum atomic E-state index is -0.758. The second-order valence-corrected chi connectivity index (χ2v) is 8.01. The molecule has 1 aliphatic heterocycles. The van der Waals surface area contributed by atoms with Crippen LogP contribution in [0.1, 0.15) is 44.1 Å². The number of urea groups is 1. The molecule has 2 aliphatic rings. The number of carbonyl (C=O) groups excluding carboxylic acids is 3. The van der Waals surface area contributed by atoms with Crippen molar-refractivity contribution < 1.29 is 19.1 Å². The number of pyridine rings is 1. The minimum Gasteiger partial charge on any atom is -0.489 e. The van der Waals surface area contributed by atoms with Gasteiger partial charge in [0.1, 0.15) is 17.9 Å². The number of nitrogens with one attached hydrogen (secondary N) is 2. The van der Waals surface area contributed by atoms with E-state index in [1.54, 1.807) is 30.6 Å². The van der Waals surface area contributed by atoms with Crippen LogP contribution in [0.15, 0.2) is 48.8 Å². The van der Waals surface area contributed by atoms with E-state index in [0.29, 0.717) is 30.9 Å². The zero-order chi connectivity index (χ0) is 21.7. The highest BCUT2D eigenvalue weighted by Gasteiger charge is 2.51. The van der Waals surface area contributed by atoms with Gasteiger partial charge in [-0.25, -0.2) is 4.79 Å². The van der Waals surface area contributed by atoms with Crippen LogP contribution in [-0.4, -0.2) is 39.8 Å². The molecule has 0 atom stereocenters. The van der Waals surface area contributed by atoms with Crippen molar-refractivity contribution in [3.8, 4) is 5.75 Å². The molecule has 1 spiro atoms. The lowest BCUT2D eigenvalue weighted by Gasteiger charge is -2.30. The van der Waals surface area contributed by atoms with Crippen LogP contribution in [0.2, 0.25) is 0 Å². The summed E-state index contributed by atoms with van der Waals surface area (Å²) in [6.07, 6.45) is 7.76. The maximum atomic E-state index is 12.8. The molecular weight excluding hydrogens is 396 g/mol. The fraction of sp³-hybridized carbons (Fsp3) is 0.391. The molecule has 1 aromatic heterocycles. The van der Waals surface area contributed by atoms with Crippen LogP contribution in [0.4, 0.5) is 10.5 Å². The van der Waals surface area contributed by atoms with E-state index in [-0.39, 0.29) is 24.8 Å². The van der Waals surface area contributed by atoms with Crippen molar-refractivity contribution in [1.29, 1.82) is 0 Å². The molecule has 4 amide bonds. The molecule has 8 heteroatoms. The van der Waals surface area contributed by atoms with Crippen LogP contribution in [-0.2, 0) is 16.2 Å². The summed E-state index contributed by atoms with van der Waals surface area (Å²) in [7, 11) is 0. The molecule has 4 rings (SSSR count). The van der Waals surface area contributed by atoms with Gasteiger partial charge in [0.05, 0.1) is 0 Å². The van der Waals surface area contributed by atoms with Crippen molar-refractivity contribution in [3.63, 3.8) is 0 Å². The van der Waals surface area contributed by atoms with Gasteiger partial charge in [-0.1, -0.05) is 31.4 Å². The number of amides is 4. The molecule has 1 aliphatic carbocycles. The van der Waals surface area contributed by atoms with Gasteiger partial charge in [0.25, 0.3) is 5.91 Å². The van der Waals surface area contributed by atoms with Crippen LogP contribution in [0.3, 0.4) is 0 Å². The van der Waals surface area contributed by atoms with E-state index < -0.39 is 11.6 Å². The zero-order valence-electron chi connectivity index (χ0n) is 17.3. The normalized spacial score (nSPS) is 17.5. The molecule has 8 nitrogen and oxygen atoms in total. The van der Waals surface area contributed by atoms with Crippen molar-refractivity contribution in [2.75, 3.05) is 11.9 Å². The van der Waals surface area contributed by atoms with Gasteiger partial charge in [0.15, 0.2) is 0 Å². The number of anilines is 1. The van der Waals surface area contributed by atoms with Crippen molar-refractivity contribution >= 4 is 23.5 Å². The number of nitrogens with zero attached hydrogens (tertiary/aromatic N) is 2. The Morgan fingerprint density at radius 2 is 2.00 bits per heavy atom. The van der Waals surface area contributed by atoms with E-state index in [9.17, 15) is 14.4 Å². The summed E-state index contributed by atoms with van der Waals surface area (Å²) in [5.41, 5.74) is 0.780. The van der Waals surface area contributed by atoms with Gasteiger partial charge in [-0.05, 0) is 31.0 Å². The number of ether oxygens (including phenoxy) is 1. The van der Waals surface area contributed by atoms with Crippen LogP contribution in [0.25, 0.3) is 0 Å². The highest BCUT2D eigenvalue weighted by molar-refractivity contribution is 6.07. The second kappa shape index (κ2) is 9.16. The summed E-state index contributed by atoms with van der Waals surface area (Å²) in [5.74, 6) is 0.153. The molecule has 2 fully saturated rings. The molecule has 0 unspecified atom stereocenters. The number of hydrogen-bond acceptors (Lipinski definition) is 5. The Kier molecular flexibility index (Phi) is 6.16. The Labute approximate surface area is 181 Å². The first-order valence-electron chi connectivity index (χ1n) is 10.6. The molecule has 0 bridgehead atoms. The predicted octanol–water partition coefficient (Wildman–Crippen LogP) is 3.24. The van der Waals surface area contributed by atoms with Crippen LogP contribution >= 0.6 is 0 Å². The number of benzene rings is 1. The molecule has 1 aromatic carbocycles. The first-order valence-corrected chi connectivity index (χ1v) is 10.6. The van der Waals surface area contributed by atoms with Gasteiger partial charge in [0, 0.05) is 42.7 Å². The third-order valence-electron chi connectivity index (χ3n) is 5.76. The summed E-state index contributed by atoms with van der Waals surface area (Å²) in [4.78, 5) is 42.7. The van der Waals surface area contributed by atoms with E-state index in [1.165, 1.54) is 4.90 Å². The third-order valence-corrected chi connectivity index (χ3v) is 5.76. The lowest BCUT2D eigenvalue weighted by Crippen LogP contribution is -2.48. The molecule has 31 heavy (non-hydrogen) atoms. The van der Waals surface area contributed by atoms with E-state index >= 15 is 0 Å². The number of imide groups is 1. The van der Waals surface area contributed by atoms with Crippen molar-refractivity contribution in [2.24, 2.45) is 0 Å². The maximum Gasteiger partial charge on any atom is 0.325 e. The average Bonchev–Trinajstić information content (AvgIpc) is 3.01. The summed E-state index contributed by atoms with van der Waals surface area (Å²) in [6.45, 7) is 0.439. The van der Waals surface area contributed by atoms with E-state index in [1.807, 2.05) is 18.2 Å². The van der Waals surface area contributed by atoms with Gasteiger partial charge in [-0.2, -0.15) is 0 Å². The highest BCUT2D eigenvalue weighted by Crippen LogP contribution is 2.33. The Morgan fingerprint density at radius 3 is 2.77 bits per heavy atom. The number of carbonyl (C=O) groups is 3. The standard InChI is InChI=1S/C23H26N4O4/c28-20(9-13-27-21(29)23(26-22(27)30)10-2-1-3-11-23)25-18-7-4-8-19(14-18)31-16-17-6-5-12-24-15-17/h4-8,12,14-15H,1-3,9-11,13,16H2,(H,25,28)(H,26,30). The van der Waals surface area contributed by atoms with E-state index in [4.69, 9.17) is 4.74 Å². The van der Waals surface area contributed by atoms with Crippen molar-refractivity contribution in [2.45, 2.75) is 50.7 Å². The van der Waals surface area contributed by atoms with Gasteiger partial charge < -0.3 is 15.4 Å². The third kappa shape index (κ3) is 4.84. The van der Waals surface area contributed by atoms with Crippen molar-refractivity contribution in [3.05, 3.63) is 54.4 Å². The predicted molar refractivity (Wildman–Crippen MR) is 114 cm³/mol. The first kappa shape index (κ1) is 20.8. The molecule has 2 N–H and O–H groups in total. The molecule has 162 valence electrons. The van der Waals surface area contributed by atoms with Crippen LogP contribution in [0, 0.1) is 0 Å². The monoisotopic (exact) mass is 422 g/mol. The number of rotatable bonds is 7. The average molecular weight is 422 g/mol. The molecule has 1 saturated heterocycles. The number of aromatic nitrogens is 1. The summed E-state index contributed by atoms with van der Waals surface area (Å²) in [6, 6.07) is 10.5. The van der Waals surface area contributed by atoms with Gasteiger partial charge in [-0.3, -0.25) is 19.5 Å². The summed E-state index contributed by atoms with van der Waals surface area (Å²) < 4.78 is 5.75. The summed E-state index contributed by atoms with van der Waals surface area (Å²) in [5, 5.41) is 5.67. The molecule has 2 aromatic rings. The topological polar surface area (TPSA) is 101 Å². The van der Waals surface area contributed by atoms with E-state index in [2.05, 4.69) is 15.6 Å². The Balaban J connectivity index is 1.29. The second-order valence-electron chi connectivity index (χ2n) is 8.01. The van der Waals surface area contributed by atoms with Gasteiger partial charge in [0.2, 0.25) is 5.91 Å². The highest BCUT2D eigenvalue weighted by atomic mass is 16.5. The molecule has 0 radical (unpaired) electrons. The molecule has 2 heterocycles. The van der Waals surface area contributed by atoms with E-state index in [0.717, 1.165) is 24.8 Å². The number of hydrogen-bond donors (Lipinski definition) is 2. The van der Waals surface area contributed by atoms with Crippen LogP contribution in [0.5, 0.6) is 5.75 Å². The van der Waals surface area contributed by atoms with Crippen LogP contribution < -0.4 is 15.4 Å². The quantitative estimate of drug-likeness (QED) is 0.667. The maximum absolute atomic E-state index is 12.8. The summed E-state index contributed by atoms with van der Waals surface area (Å²) >= 11 is 0. The Hall–Kier alpha value is -3.42. The Morgan fingerprint density at radius 1 is 1.16 bits per heavy atom. The van der Waals surface area contributed by atoms with Crippen molar-refractivity contribution in [1.82, 2.24) is 15.2 Å². The lowest BCUT2D eigenvalue weighted by molar-refractivity contribution is -0.132. The molecular formula is C23H26N4O4. The molecule has 1 saturated carbocycles. The first-order chi connectivity index (χ1) is 15.1. The lowest BCUT2D eigenvalue weighted by atomic mass is 9.82. The minimum absolute atomic E-state index is 0.0377. The van der Waals surface area contributed by atoms with Gasteiger partial charge in [-0.15, -0.1) is 0 Å². The Bertz CT molecular complexity index is 957. The fourth-order valence-electron chi connectivity index (χ4n) is 4.12. The smallest absolute Gasteiger partial charge is 0.325 e.